The summed E-state index contributed by atoms with van der Waals surface area (Å²) in [5.41, 5.74) is 1.35. The van der Waals surface area contributed by atoms with Crippen LogP contribution in [0.4, 0.5) is 4.39 Å². The van der Waals surface area contributed by atoms with Crippen molar-refractivity contribution in [3.63, 3.8) is 0 Å². The van der Waals surface area contributed by atoms with Crippen molar-refractivity contribution in [1.82, 2.24) is 0 Å². The van der Waals surface area contributed by atoms with E-state index < -0.39 is 11.8 Å². The van der Waals surface area contributed by atoms with E-state index in [-0.39, 0.29) is 17.7 Å². The van der Waals surface area contributed by atoms with Gasteiger partial charge in [-0.25, -0.2) is 14.2 Å². The predicted molar refractivity (Wildman–Crippen MR) is 89.2 cm³/mol. The lowest BCUT2D eigenvalue weighted by Crippen LogP contribution is -2.06. The maximum absolute atomic E-state index is 13.3. The van der Waals surface area contributed by atoms with Gasteiger partial charge in [-0.3, -0.25) is 0 Å². The number of hydrogen-bond acceptors (Lipinski definition) is 4. The van der Waals surface area contributed by atoms with Gasteiger partial charge in [0.25, 0.3) is 0 Å². The summed E-state index contributed by atoms with van der Waals surface area (Å²) in [7, 11) is 0. The van der Waals surface area contributed by atoms with Crippen LogP contribution in [0.25, 0.3) is 6.08 Å². The fourth-order valence-electron chi connectivity index (χ4n) is 2.26. The summed E-state index contributed by atoms with van der Waals surface area (Å²) in [5.74, 6) is -0.174. The lowest BCUT2D eigenvalue weighted by molar-refractivity contribution is -0.129. The number of esters is 1. The second-order valence-corrected chi connectivity index (χ2v) is 5.59. The van der Waals surface area contributed by atoms with Crippen LogP contribution in [0.2, 0.25) is 0 Å². The highest BCUT2D eigenvalue weighted by atomic mass is 19.1. The molecule has 0 aliphatic carbocycles. The Bertz CT molecular complexity index is 840. The fraction of sp³-hybridized carbons (Fsp3) is 0.158. The standard InChI is InChI=1S/C19H16FNO3/c1-12(2)23-16-8-3-5-13(9-16)10-17-19(22)24-18(21-17)14-6-4-7-15(20)11-14/h3-12H,1-2H3/b17-10-. The SMILES string of the molecule is CC(C)Oc1cccc(/C=C2\N=C(c3cccc(F)c3)OC2=O)c1. The molecule has 0 fully saturated rings. The molecule has 0 radical (unpaired) electrons. The maximum atomic E-state index is 13.3. The minimum Gasteiger partial charge on any atom is -0.491 e. The van der Waals surface area contributed by atoms with Gasteiger partial charge in [-0.1, -0.05) is 18.2 Å². The van der Waals surface area contributed by atoms with Crippen molar-refractivity contribution in [2.75, 3.05) is 0 Å². The highest BCUT2D eigenvalue weighted by Crippen LogP contribution is 2.22. The maximum Gasteiger partial charge on any atom is 0.363 e. The average molecular weight is 325 g/mol. The van der Waals surface area contributed by atoms with Crippen molar-refractivity contribution >= 4 is 17.9 Å². The fourth-order valence-corrected chi connectivity index (χ4v) is 2.26. The van der Waals surface area contributed by atoms with E-state index in [0.29, 0.717) is 11.3 Å². The largest absolute Gasteiger partial charge is 0.491 e. The van der Waals surface area contributed by atoms with E-state index in [1.165, 1.54) is 18.2 Å². The molecule has 2 aromatic carbocycles. The van der Waals surface area contributed by atoms with Crippen LogP contribution in [0.15, 0.2) is 59.2 Å². The van der Waals surface area contributed by atoms with Crippen LogP contribution in [0.5, 0.6) is 5.75 Å². The lowest BCUT2D eigenvalue weighted by atomic mass is 10.2. The van der Waals surface area contributed by atoms with Crippen LogP contribution in [0.3, 0.4) is 0 Å². The van der Waals surface area contributed by atoms with Gasteiger partial charge in [0.1, 0.15) is 11.6 Å². The first-order chi connectivity index (χ1) is 11.5. The molecule has 1 aliphatic rings. The molecule has 122 valence electrons. The number of carbonyl (C=O) groups is 1. The number of ether oxygens (including phenoxy) is 2. The number of aliphatic imine (C=N–C) groups is 1. The van der Waals surface area contributed by atoms with Crippen LogP contribution in [-0.4, -0.2) is 18.0 Å². The van der Waals surface area contributed by atoms with Crippen molar-refractivity contribution in [2.45, 2.75) is 20.0 Å². The van der Waals surface area contributed by atoms with Gasteiger partial charge in [-0.05, 0) is 55.8 Å². The zero-order chi connectivity index (χ0) is 17.1. The molecule has 1 aliphatic heterocycles. The van der Waals surface area contributed by atoms with Crippen molar-refractivity contribution in [3.8, 4) is 5.75 Å². The summed E-state index contributed by atoms with van der Waals surface area (Å²) in [5, 5.41) is 0. The molecule has 5 heteroatoms. The molecule has 24 heavy (non-hydrogen) atoms. The van der Waals surface area contributed by atoms with E-state index in [2.05, 4.69) is 4.99 Å². The highest BCUT2D eigenvalue weighted by molar-refractivity contribution is 6.12. The van der Waals surface area contributed by atoms with Gasteiger partial charge in [-0.2, -0.15) is 0 Å². The molecule has 0 saturated carbocycles. The Kier molecular flexibility index (Phi) is 4.42. The second kappa shape index (κ2) is 6.66. The second-order valence-electron chi connectivity index (χ2n) is 5.59. The number of cyclic esters (lactones) is 1. The van der Waals surface area contributed by atoms with Gasteiger partial charge < -0.3 is 9.47 Å². The van der Waals surface area contributed by atoms with Crippen molar-refractivity contribution in [2.24, 2.45) is 4.99 Å². The molecule has 4 nitrogen and oxygen atoms in total. The van der Waals surface area contributed by atoms with E-state index in [1.54, 1.807) is 12.1 Å². The molecule has 0 N–H and O–H groups in total. The van der Waals surface area contributed by atoms with E-state index >= 15 is 0 Å². The number of halogens is 1. The number of hydrogen-bond donors (Lipinski definition) is 0. The quantitative estimate of drug-likeness (QED) is 0.631. The minimum atomic E-state index is -0.565. The van der Waals surface area contributed by atoms with E-state index in [0.717, 1.165) is 5.56 Å². The van der Waals surface area contributed by atoms with Crippen LogP contribution in [-0.2, 0) is 9.53 Å². The molecular weight excluding hydrogens is 309 g/mol. The number of rotatable bonds is 4. The topological polar surface area (TPSA) is 47.9 Å². The van der Waals surface area contributed by atoms with Gasteiger partial charge in [0, 0.05) is 5.56 Å². The third-order valence-corrected chi connectivity index (χ3v) is 3.23. The van der Waals surface area contributed by atoms with E-state index in [4.69, 9.17) is 9.47 Å². The zero-order valence-corrected chi connectivity index (χ0v) is 13.3. The van der Waals surface area contributed by atoms with Crippen molar-refractivity contribution < 1.29 is 18.7 Å². The minimum absolute atomic E-state index is 0.0574. The summed E-state index contributed by atoms with van der Waals surface area (Å²) >= 11 is 0. The molecule has 2 aromatic rings. The average Bonchev–Trinajstić information content (AvgIpc) is 2.88. The number of carbonyl (C=O) groups excluding carboxylic acids is 1. The third kappa shape index (κ3) is 3.68. The highest BCUT2D eigenvalue weighted by Gasteiger charge is 2.24. The first-order valence-corrected chi connectivity index (χ1v) is 7.56. The first kappa shape index (κ1) is 15.9. The summed E-state index contributed by atoms with van der Waals surface area (Å²) in [6.45, 7) is 3.88. The lowest BCUT2D eigenvalue weighted by Gasteiger charge is -2.09. The summed E-state index contributed by atoms with van der Waals surface area (Å²) < 4.78 is 24.0. The third-order valence-electron chi connectivity index (χ3n) is 3.23. The molecule has 0 bridgehead atoms. The Morgan fingerprint density at radius 3 is 2.71 bits per heavy atom. The molecule has 0 saturated heterocycles. The van der Waals surface area contributed by atoms with Gasteiger partial charge in [0.15, 0.2) is 5.70 Å². The predicted octanol–water partition coefficient (Wildman–Crippen LogP) is 3.96. The Morgan fingerprint density at radius 1 is 1.17 bits per heavy atom. The molecule has 0 unspecified atom stereocenters. The Hall–Kier alpha value is -2.95. The summed E-state index contributed by atoms with van der Waals surface area (Å²) in [4.78, 5) is 16.1. The number of nitrogens with zero attached hydrogens (tertiary/aromatic N) is 1. The first-order valence-electron chi connectivity index (χ1n) is 7.56. The Labute approximate surface area is 139 Å². The van der Waals surface area contributed by atoms with Gasteiger partial charge in [0.05, 0.1) is 6.10 Å². The molecule has 1 heterocycles. The Balaban J connectivity index is 1.89. The van der Waals surface area contributed by atoms with E-state index in [9.17, 15) is 9.18 Å². The van der Waals surface area contributed by atoms with Gasteiger partial charge >= 0.3 is 5.97 Å². The van der Waals surface area contributed by atoms with E-state index in [1.807, 2.05) is 38.1 Å². The summed E-state index contributed by atoms with van der Waals surface area (Å²) in [6.07, 6.45) is 1.67. The van der Waals surface area contributed by atoms with Gasteiger partial charge in [0.2, 0.25) is 5.90 Å². The zero-order valence-electron chi connectivity index (χ0n) is 13.3. The van der Waals surface area contributed by atoms with Gasteiger partial charge in [-0.15, -0.1) is 0 Å². The molecule has 0 atom stereocenters. The summed E-state index contributed by atoms with van der Waals surface area (Å²) in [6, 6.07) is 13.1. The van der Waals surface area contributed by atoms with Crippen LogP contribution >= 0.6 is 0 Å². The normalized spacial score (nSPS) is 15.6. The Morgan fingerprint density at radius 2 is 1.96 bits per heavy atom. The molecule has 0 spiro atoms. The monoisotopic (exact) mass is 325 g/mol. The molecule has 0 aromatic heterocycles. The van der Waals surface area contributed by atoms with Crippen molar-refractivity contribution in [1.29, 1.82) is 0 Å². The molecule has 0 amide bonds. The molecule has 3 rings (SSSR count). The smallest absolute Gasteiger partial charge is 0.363 e. The van der Waals surface area contributed by atoms with Crippen LogP contribution in [0, 0.1) is 5.82 Å². The van der Waals surface area contributed by atoms with Crippen molar-refractivity contribution in [3.05, 3.63) is 71.2 Å². The van der Waals surface area contributed by atoms with Crippen LogP contribution in [0.1, 0.15) is 25.0 Å². The number of benzene rings is 2. The molecular formula is C19H16FNO3. The van der Waals surface area contributed by atoms with Crippen LogP contribution < -0.4 is 4.74 Å².